The Labute approximate surface area is 149 Å². The zero-order valence-electron chi connectivity index (χ0n) is 13.4. The van der Waals surface area contributed by atoms with Crippen LogP contribution in [0, 0.1) is 0 Å². The Morgan fingerprint density at radius 1 is 1.29 bits per heavy atom. The molecule has 7 heteroatoms. The Bertz CT molecular complexity index is 733. The third-order valence-electron chi connectivity index (χ3n) is 3.88. The number of hydrogen-bond acceptors (Lipinski definition) is 4. The molecule has 0 aliphatic carbocycles. The fourth-order valence-corrected chi connectivity index (χ4v) is 2.84. The summed E-state index contributed by atoms with van der Waals surface area (Å²) in [4.78, 5) is 17.1. The van der Waals surface area contributed by atoms with Crippen LogP contribution in [0.1, 0.15) is 23.0 Å². The number of hydrazone groups is 1. The van der Waals surface area contributed by atoms with E-state index in [0.29, 0.717) is 5.69 Å². The van der Waals surface area contributed by atoms with Gasteiger partial charge in [0.15, 0.2) is 0 Å². The molecule has 126 valence electrons. The molecule has 24 heavy (non-hydrogen) atoms. The first-order valence-electron chi connectivity index (χ1n) is 7.75. The SMILES string of the molecule is CC(=NNC(=O)c1cc(Br)c[nH]1)c1ccc(N2CCOCC2)cc1. The zero-order chi connectivity index (χ0) is 16.9. The monoisotopic (exact) mass is 390 g/mol. The van der Waals surface area contributed by atoms with Gasteiger partial charge in [-0.2, -0.15) is 5.10 Å². The van der Waals surface area contributed by atoms with E-state index in [4.69, 9.17) is 4.74 Å². The fraction of sp³-hybridized carbons (Fsp3) is 0.294. The molecule has 1 fully saturated rings. The molecule has 6 nitrogen and oxygen atoms in total. The summed E-state index contributed by atoms with van der Waals surface area (Å²) in [5, 5.41) is 4.17. The number of H-pyrrole nitrogens is 1. The van der Waals surface area contributed by atoms with Gasteiger partial charge >= 0.3 is 0 Å². The van der Waals surface area contributed by atoms with Crippen molar-refractivity contribution in [3.05, 3.63) is 52.3 Å². The normalized spacial score (nSPS) is 15.4. The van der Waals surface area contributed by atoms with Gasteiger partial charge in [-0.3, -0.25) is 4.79 Å². The van der Waals surface area contributed by atoms with Gasteiger partial charge in [0, 0.05) is 29.4 Å². The van der Waals surface area contributed by atoms with Crippen molar-refractivity contribution in [3.63, 3.8) is 0 Å². The first kappa shape index (κ1) is 16.7. The first-order chi connectivity index (χ1) is 11.6. The van der Waals surface area contributed by atoms with Crippen molar-refractivity contribution >= 4 is 33.2 Å². The van der Waals surface area contributed by atoms with Crippen LogP contribution in [0.3, 0.4) is 0 Å². The molecule has 1 saturated heterocycles. The van der Waals surface area contributed by atoms with Crippen LogP contribution >= 0.6 is 15.9 Å². The number of carbonyl (C=O) groups is 1. The molecule has 0 spiro atoms. The minimum atomic E-state index is -0.273. The number of ether oxygens (including phenoxy) is 1. The van der Waals surface area contributed by atoms with Crippen molar-refractivity contribution in [2.75, 3.05) is 31.2 Å². The lowest BCUT2D eigenvalue weighted by molar-refractivity contribution is 0.0950. The van der Waals surface area contributed by atoms with Crippen LogP contribution in [-0.2, 0) is 4.74 Å². The standard InChI is InChI=1S/C17H19BrN4O2/c1-12(20-21-17(23)16-10-14(18)11-19-16)13-2-4-15(5-3-13)22-6-8-24-9-7-22/h2-5,10-11,19H,6-9H2,1H3,(H,21,23). The van der Waals surface area contributed by atoms with Crippen molar-refractivity contribution < 1.29 is 9.53 Å². The van der Waals surface area contributed by atoms with Crippen LogP contribution in [-0.4, -0.2) is 42.9 Å². The highest BCUT2D eigenvalue weighted by Gasteiger charge is 2.11. The van der Waals surface area contributed by atoms with E-state index in [9.17, 15) is 4.79 Å². The van der Waals surface area contributed by atoms with Gasteiger partial charge in [0.2, 0.25) is 0 Å². The number of nitrogens with one attached hydrogen (secondary N) is 2. The number of anilines is 1. The van der Waals surface area contributed by atoms with Gasteiger partial charge in [-0.05, 0) is 46.6 Å². The Morgan fingerprint density at radius 2 is 2.00 bits per heavy atom. The molecule has 1 aromatic carbocycles. The Hall–Kier alpha value is -2.12. The molecule has 1 amide bonds. The van der Waals surface area contributed by atoms with Crippen LogP contribution < -0.4 is 10.3 Å². The summed E-state index contributed by atoms with van der Waals surface area (Å²) < 4.78 is 6.19. The third kappa shape index (κ3) is 4.04. The van der Waals surface area contributed by atoms with E-state index in [1.807, 2.05) is 19.1 Å². The topological polar surface area (TPSA) is 69.7 Å². The van der Waals surface area contributed by atoms with Crippen molar-refractivity contribution in [2.24, 2.45) is 5.10 Å². The molecule has 1 aliphatic heterocycles. The molecule has 2 aromatic rings. The zero-order valence-corrected chi connectivity index (χ0v) is 15.0. The molecule has 0 unspecified atom stereocenters. The Balaban J connectivity index is 1.63. The Kier molecular flexibility index (Phi) is 5.32. The van der Waals surface area contributed by atoms with Gasteiger partial charge in [-0.15, -0.1) is 0 Å². The molecule has 1 aliphatic rings. The highest BCUT2D eigenvalue weighted by atomic mass is 79.9. The average Bonchev–Trinajstić information content (AvgIpc) is 3.07. The van der Waals surface area contributed by atoms with Crippen molar-refractivity contribution in [3.8, 4) is 0 Å². The lowest BCUT2D eigenvalue weighted by atomic mass is 10.1. The lowest BCUT2D eigenvalue weighted by Gasteiger charge is -2.28. The molecule has 0 atom stereocenters. The summed E-state index contributed by atoms with van der Waals surface area (Å²) >= 11 is 3.30. The second kappa shape index (κ2) is 7.63. The quantitative estimate of drug-likeness (QED) is 0.622. The van der Waals surface area contributed by atoms with Crippen molar-refractivity contribution in [1.82, 2.24) is 10.4 Å². The minimum Gasteiger partial charge on any atom is -0.378 e. The molecule has 0 bridgehead atoms. The number of halogens is 1. The molecule has 3 rings (SSSR count). The van der Waals surface area contributed by atoms with Gasteiger partial charge in [-0.1, -0.05) is 12.1 Å². The number of rotatable bonds is 4. The second-order valence-corrected chi connectivity index (χ2v) is 6.43. The smallest absolute Gasteiger partial charge is 0.287 e. The van der Waals surface area contributed by atoms with Crippen LogP contribution in [0.25, 0.3) is 0 Å². The highest BCUT2D eigenvalue weighted by molar-refractivity contribution is 9.10. The molecule has 2 N–H and O–H groups in total. The lowest BCUT2D eigenvalue weighted by Crippen LogP contribution is -2.36. The number of morpholine rings is 1. The molecule has 0 saturated carbocycles. The first-order valence-corrected chi connectivity index (χ1v) is 8.54. The summed E-state index contributed by atoms with van der Waals surface area (Å²) in [5.74, 6) is -0.273. The molecular weight excluding hydrogens is 372 g/mol. The van der Waals surface area contributed by atoms with Crippen LogP contribution in [0.2, 0.25) is 0 Å². The molecule has 2 heterocycles. The summed E-state index contributed by atoms with van der Waals surface area (Å²) in [5.41, 5.74) is 5.92. The van der Waals surface area contributed by atoms with E-state index in [2.05, 4.69) is 48.5 Å². The van der Waals surface area contributed by atoms with E-state index in [1.54, 1.807) is 12.3 Å². The van der Waals surface area contributed by atoms with E-state index in [-0.39, 0.29) is 5.91 Å². The van der Waals surface area contributed by atoms with Crippen molar-refractivity contribution in [2.45, 2.75) is 6.92 Å². The van der Waals surface area contributed by atoms with Gasteiger partial charge in [-0.25, -0.2) is 5.43 Å². The summed E-state index contributed by atoms with van der Waals surface area (Å²) in [6.07, 6.45) is 1.70. The van der Waals surface area contributed by atoms with Gasteiger partial charge in [0.05, 0.1) is 18.9 Å². The Morgan fingerprint density at radius 3 is 2.62 bits per heavy atom. The summed E-state index contributed by atoms with van der Waals surface area (Å²) in [6, 6.07) is 9.88. The number of aromatic amines is 1. The number of hydrogen-bond donors (Lipinski definition) is 2. The predicted molar refractivity (Wildman–Crippen MR) is 97.6 cm³/mol. The van der Waals surface area contributed by atoms with E-state index < -0.39 is 0 Å². The summed E-state index contributed by atoms with van der Waals surface area (Å²) in [6.45, 7) is 5.23. The minimum absolute atomic E-state index is 0.273. The van der Waals surface area contributed by atoms with Gasteiger partial charge < -0.3 is 14.6 Å². The maximum Gasteiger partial charge on any atom is 0.287 e. The van der Waals surface area contributed by atoms with E-state index >= 15 is 0 Å². The average molecular weight is 391 g/mol. The predicted octanol–water partition coefficient (Wildman–Crippen LogP) is 2.77. The van der Waals surface area contributed by atoms with Crippen molar-refractivity contribution in [1.29, 1.82) is 0 Å². The number of benzene rings is 1. The third-order valence-corrected chi connectivity index (χ3v) is 4.34. The van der Waals surface area contributed by atoms with Gasteiger partial charge in [0.1, 0.15) is 5.69 Å². The number of nitrogens with zero attached hydrogens (tertiary/aromatic N) is 2. The van der Waals surface area contributed by atoms with E-state index in [0.717, 1.165) is 42.1 Å². The maximum atomic E-state index is 12.0. The molecule has 0 radical (unpaired) electrons. The fourth-order valence-electron chi connectivity index (χ4n) is 2.49. The highest BCUT2D eigenvalue weighted by Crippen LogP contribution is 2.17. The maximum absolute atomic E-state index is 12.0. The largest absolute Gasteiger partial charge is 0.378 e. The number of amides is 1. The van der Waals surface area contributed by atoms with E-state index in [1.165, 1.54) is 5.69 Å². The van der Waals surface area contributed by atoms with Crippen LogP contribution in [0.5, 0.6) is 0 Å². The summed E-state index contributed by atoms with van der Waals surface area (Å²) in [7, 11) is 0. The van der Waals surface area contributed by atoms with Crippen LogP contribution in [0.4, 0.5) is 5.69 Å². The van der Waals surface area contributed by atoms with Crippen LogP contribution in [0.15, 0.2) is 46.1 Å². The number of aromatic nitrogens is 1. The number of carbonyl (C=O) groups excluding carboxylic acids is 1. The van der Waals surface area contributed by atoms with Gasteiger partial charge in [0.25, 0.3) is 5.91 Å². The molecule has 1 aromatic heterocycles. The second-order valence-electron chi connectivity index (χ2n) is 5.52. The molecular formula is C17H19BrN4O2.